The SMILES string of the molecule is CCCCC1CC1(c1ccc(O)c(C)c1)c1ccc(O)c(C)c1. The van der Waals surface area contributed by atoms with Crippen LogP contribution in [0.4, 0.5) is 0 Å². The third kappa shape index (κ3) is 2.71. The van der Waals surface area contributed by atoms with Gasteiger partial charge in [-0.2, -0.15) is 0 Å². The topological polar surface area (TPSA) is 40.5 Å². The Morgan fingerprint density at radius 1 is 0.957 bits per heavy atom. The maximum Gasteiger partial charge on any atom is 0.118 e. The predicted octanol–water partition coefficient (Wildman–Crippen LogP) is 5.21. The summed E-state index contributed by atoms with van der Waals surface area (Å²) in [5, 5.41) is 19.7. The van der Waals surface area contributed by atoms with Crippen LogP contribution in [0.5, 0.6) is 11.5 Å². The van der Waals surface area contributed by atoms with E-state index in [1.807, 2.05) is 26.0 Å². The second-order valence-electron chi connectivity index (χ2n) is 7.02. The van der Waals surface area contributed by atoms with Crippen LogP contribution >= 0.6 is 0 Å². The summed E-state index contributed by atoms with van der Waals surface area (Å²) in [6.07, 6.45) is 4.86. The van der Waals surface area contributed by atoms with Crippen LogP contribution < -0.4 is 0 Å². The molecule has 1 atom stereocenters. The van der Waals surface area contributed by atoms with E-state index in [0.29, 0.717) is 17.4 Å². The first-order valence-corrected chi connectivity index (χ1v) is 8.59. The molecule has 1 saturated carbocycles. The molecule has 23 heavy (non-hydrogen) atoms. The van der Waals surface area contributed by atoms with E-state index in [1.54, 1.807) is 0 Å². The maximum absolute atomic E-state index is 9.86. The molecule has 2 nitrogen and oxygen atoms in total. The van der Waals surface area contributed by atoms with Crippen LogP contribution in [-0.2, 0) is 5.41 Å². The Morgan fingerprint density at radius 2 is 1.48 bits per heavy atom. The number of benzene rings is 2. The molecule has 0 heterocycles. The van der Waals surface area contributed by atoms with Gasteiger partial charge < -0.3 is 10.2 Å². The molecule has 0 bridgehead atoms. The fourth-order valence-electron chi connectivity index (χ4n) is 3.87. The lowest BCUT2D eigenvalue weighted by Crippen LogP contribution is -2.13. The molecule has 1 fully saturated rings. The van der Waals surface area contributed by atoms with Gasteiger partial charge in [-0.3, -0.25) is 0 Å². The molecule has 2 heteroatoms. The molecule has 0 aliphatic heterocycles. The molecule has 3 rings (SSSR count). The zero-order valence-electron chi connectivity index (χ0n) is 14.3. The van der Waals surface area contributed by atoms with Crippen LogP contribution in [0.25, 0.3) is 0 Å². The standard InChI is InChI=1S/C21H26O2/c1-4-5-6-18-13-21(18,16-7-9-19(22)14(2)11-16)17-8-10-20(23)15(3)12-17/h7-12,18,22-23H,4-6,13H2,1-3H3. The van der Waals surface area contributed by atoms with Crippen molar-refractivity contribution in [1.82, 2.24) is 0 Å². The molecule has 0 spiro atoms. The number of rotatable bonds is 5. The number of hydrogen-bond donors (Lipinski definition) is 2. The quantitative estimate of drug-likeness (QED) is 0.795. The average Bonchev–Trinajstić information content (AvgIpc) is 3.26. The van der Waals surface area contributed by atoms with Crippen molar-refractivity contribution >= 4 is 0 Å². The van der Waals surface area contributed by atoms with Crippen LogP contribution in [0.3, 0.4) is 0 Å². The molecule has 0 aromatic heterocycles. The van der Waals surface area contributed by atoms with Crippen molar-refractivity contribution in [2.75, 3.05) is 0 Å². The maximum atomic E-state index is 9.86. The fourth-order valence-corrected chi connectivity index (χ4v) is 3.87. The second kappa shape index (κ2) is 5.92. The molecule has 0 radical (unpaired) electrons. The first-order chi connectivity index (χ1) is 11.0. The van der Waals surface area contributed by atoms with Gasteiger partial charge in [0, 0.05) is 5.41 Å². The summed E-state index contributed by atoms with van der Waals surface area (Å²) in [6.45, 7) is 6.15. The van der Waals surface area contributed by atoms with E-state index >= 15 is 0 Å². The Labute approximate surface area is 138 Å². The van der Waals surface area contributed by atoms with Gasteiger partial charge in [-0.25, -0.2) is 0 Å². The molecule has 0 amide bonds. The van der Waals surface area contributed by atoms with Crippen LogP contribution in [-0.4, -0.2) is 10.2 Å². The largest absolute Gasteiger partial charge is 0.508 e. The highest BCUT2D eigenvalue weighted by Crippen LogP contribution is 2.61. The van der Waals surface area contributed by atoms with Crippen molar-refractivity contribution in [2.24, 2.45) is 5.92 Å². The van der Waals surface area contributed by atoms with E-state index in [1.165, 1.54) is 30.4 Å². The highest BCUT2D eigenvalue weighted by atomic mass is 16.3. The van der Waals surface area contributed by atoms with E-state index in [0.717, 1.165) is 17.5 Å². The molecule has 2 aromatic rings. The molecule has 1 unspecified atom stereocenters. The zero-order valence-corrected chi connectivity index (χ0v) is 14.3. The number of unbranched alkanes of at least 4 members (excludes halogenated alkanes) is 1. The van der Waals surface area contributed by atoms with Gasteiger partial charge in [0.05, 0.1) is 0 Å². The predicted molar refractivity (Wildman–Crippen MR) is 94.1 cm³/mol. The highest BCUT2D eigenvalue weighted by Gasteiger charge is 2.55. The van der Waals surface area contributed by atoms with Gasteiger partial charge in [0.15, 0.2) is 0 Å². The normalized spacial score (nSPS) is 18.8. The average molecular weight is 310 g/mol. The van der Waals surface area contributed by atoms with Gasteiger partial charge in [0.1, 0.15) is 11.5 Å². The van der Waals surface area contributed by atoms with Crippen LogP contribution in [0, 0.1) is 19.8 Å². The van der Waals surface area contributed by atoms with Crippen molar-refractivity contribution in [3.8, 4) is 11.5 Å². The number of phenols is 2. The summed E-state index contributed by atoms with van der Waals surface area (Å²) >= 11 is 0. The van der Waals surface area contributed by atoms with E-state index < -0.39 is 0 Å². The molecule has 122 valence electrons. The van der Waals surface area contributed by atoms with Gasteiger partial charge in [-0.05, 0) is 67.0 Å². The lowest BCUT2D eigenvalue weighted by atomic mass is 9.83. The van der Waals surface area contributed by atoms with E-state index in [2.05, 4.69) is 31.2 Å². The molecular formula is C21H26O2. The molecule has 2 aromatic carbocycles. The van der Waals surface area contributed by atoms with Crippen molar-refractivity contribution in [3.63, 3.8) is 0 Å². The third-order valence-electron chi connectivity index (χ3n) is 5.44. The zero-order chi connectivity index (χ0) is 16.6. The summed E-state index contributed by atoms with van der Waals surface area (Å²) in [4.78, 5) is 0. The van der Waals surface area contributed by atoms with Crippen LogP contribution in [0.15, 0.2) is 36.4 Å². The van der Waals surface area contributed by atoms with Gasteiger partial charge in [-0.15, -0.1) is 0 Å². The first kappa shape index (κ1) is 15.9. The van der Waals surface area contributed by atoms with E-state index in [4.69, 9.17) is 0 Å². The Morgan fingerprint density at radius 3 is 1.91 bits per heavy atom. The van der Waals surface area contributed by atoms with Gasteiger partial charge in [0.25, 0.3) is 0 Å². The fraction of sp³-hybridized carbons (Fsp3) is 0.429. The van der Waals surface area contributed by atoms with Gasteiger partial charge in [0.2, 0.25) is 0 Å². The minimum absolute atomic E-state index is 0.0477. The van der Waals surface area contributed by atoms with Crippen LogP contribution in [0.1, 0.15) is 54.9 Å². The summed E-state index contributed by atoms with van der Waals surface area (Å²) in [5.74, 6) is 1.36. The Kier molecular flexibility index (Phi) is 4.09. The molecule has 1 aliphatic rings. The molecular weight excluding hydrogens is 284 g/mol. The Hall–Kier alpha value is -1.96. The third-order valence-corrected chi connectivity index (χ3v) is 5.44. The highest BCUT2D eigenvalue weighted by molar-refractivity contribution is 5.52. The minimum Gasteiger partial charge on any atom is -0.508 e. The number of phenolic OH excluding ortho intramolecular Hbond substituents is 2. The van der Waals surface area contributed by atoms with Crippen molar-refractivity contribution < 1.29 is 10.2 Å². The molecule has 2 N–H and O–H groups in total. The van der Waals surface area contributed by atoms with E-state index in [9.17, 15) is 10.2 Å². The van der Waals surface area contributed by atoms with Gasteiger partial charge in [-0.1, -0.05) is 44.0 Å². The number of aromatic hydroxyl groups is 2. The smallest absolute Gasteiger partial charge is 0.118 e. The summed E-state index contributed by atoms with van der Waals surface area (Å²) in [5.41, 5.74) is 4.49. The van der Waals surface area contributed by atoms with Crippen molar-refractivity contribution in [3.05, 3.63) is 58.7 Å². The Balaban J connectivity index is 2.05. The summed E-state index contributed by atoms with van der Waals surface area (Å²) in [7, 11) is 0. The van der Waals surface area contributed by atoms with Gasteiger partial charge >= 0.3 is 0 Å². The number of hydrogen-bond acceptors (Lipinski definition) is 2. The van der Waals surface area contributed by atoms with Crippen LogP contribution in [0.2, 0.25) is 0 Å². The monoisotopic (exact) mass is 310 g/mol. The summed E-state index contributed by atoms with van der Waals surface area (Å²) in [6, 6.07) is 12.0. The molecule has 0 saturated heterocycles. The van der Waals surface area contributed by atoms with E-state index in [-0.39, 0.29) is 5.41 Å². The van der Waals surface area contributed by atoms with Crippen molar-refractivity contribution in [1.29, 1.82) is 0 Å². The minimum atomic E-state index is 0.0477. The Bertz CT molecular complexity index is 666. The number of aryl methyl sites for hydroxylation is 2. The lowest BCUT2D eigenvalue weighted by molar-refractivity contribution is 0.470. The summed E-state index contributed by atoms with van der Waals surface area (Å²) < 4.78 is 0. The first-order valence-electron chi connectivity index (χ1n) is 8.59. The molecule has 1 aliphatic carbocycles. The second-order valence-corrected chi connectivity index (χ2v) is 7.02. The van der Waals surface area contributed by atoms with Crippen molar-refractivity contribution in [2.45, 2.75) is 51.9 Å². The lowest BCUT2D eigenvalue weighted by Gasteiger charge is -2.21.